The fourth-order valence-corrected chi connectivity index (χ4v) is 2.08. The molecule has 2 aliphatic rings. The first-order chi connectivity index (χ1) is 6.29. The zero-order valence-corrected chi connectivity index (χ0v) is 8.24. The first kappa shape index (κ1) is 9.00. The maximum absolute atomic E-state index is 8.71. The summed E-state index contributed by atoms with van der Waals surface area (Å²) in [6.07, 6.45) is 3.79. The van der Waals surface area contributed by atoms with Gasteiger partial charge in [-0.3, -0.25) is 0 Å². The minimum atomic E-state index is 0.442. The third-order valence-electron chi connectivity index (χ3n) is 3.13. The molecule has 13 heavy (non-hydrogen) atoms. The van der Waals surface area contributed by atoms with Gasteiger partial charge in [-0.05, 0) is 18.8 Å². The van der Waals surface area contributed by atoms with Crippen LogP contribution in [0.3, 0.4) is 0 Å². The summed E-state index contributed by atoms with van der Waals surface area (Å²) in [6.45, 7) is 5.58. The number of piperidine rings is 1. The lowest BCUT2D eigenvalue weighted by Gasteiger charge is -2.31. The Balaban J connectivity index is 1.83. The van der Waals surface area contributed by atoms with Crippen molar-refractivity contribution in [1.29, 1.82) is 0 Å². The Bertz CT molecular complexity index is 211. The summed E-state index contributed by atoms with van der Waals surface area (Å²) in [5, 5.41) is 12.1. The Morgan fingerprint density at radius 1 is 1.54 bits per heavy atom. The van der Waals surface area contributed by atoms with Crippen molar-refractivity contribution in [3.63, 3.8) is 0 Å². The Morgan fingerprint density at radius 2 is 2.31 bits per heavy atom. The van der Waals surface area contributed by atoms with Crippen LogP contribution in [-0.2, 0) is 0 Å². The Labute approximate surface area is 79.4 Å². The molecule has 1 saturated carbocycles. The third kappa shape index (κ3) is 2.21. The minimum Gasteiger partial charge on any atom is -0.411 e. The second kappa shape index (κ2) is 3.66. The Morgan fingerprint density at radius 3 is 2.85 bits per heavy atom. The van der Waals surface area contributed by atoms with Crippen LogP contribution in [0.1, 0.15) is 26.2 Å². The van der Waals surface area contributed by atoms with Gasteiger partial charge in [-0.2, -0.15) is 0 Å². The highest BCUT2D eigenvalue weighted by atomic mass is 16.4. The van der Waals surface area contributed by atoms with E-state index in [2.05, 4.69) is 17.0 Å². The smallest absolute Gasteiger partial charge is 0.0624 e. The van der Waals surface area contributed by atoms with Crippen LogP contribution in [0.15, 0.2) is 5.16 Å². The van der Waals surface area contributed by atoms with Crippen LogP contribution < -0.4 is 0 Å². The predicted molar refractivity (Wildman–Crippen MR) is 52.2 cm³/mol. The molecule has 1 N–H and O–H groups in total. The van der Waals surface area contributed by atoms with Crippen molar-refractivity contribution < 1.29 is 5.21 Å². The van der Waals surface area contributed by atoms with E-state index in [1.807, 2.05) is 0 Å². The molecule has 0 amide bonds. The summed E-state index contributed by atoms with van der Waals surface area (Å²) in [7, 11) is 0. The highest BCUT2D eigenvalue weighted by molar-refractivity contribution is 5.86. The van der Waals surface area contributed by atoms with E-state index in [0.717, 1.165) is 31.1 Å². The fraction of sp³-hybridized carbons (Fsp3) is 0.900. The van der Waals surface area contributed by atoms with Gasteiger partial charge in [-0.15, -0.1) is 0 Å². The van der Waals surface area contributed by atoms with Gasteiger partial charge in [0.2, 0.25) is 0 Å². The van der Waals surface area contributed by atoms with E-state index in [-0.39, 0.29) is 0 Å². The molecule has 0 spiro atoms. The van der Waals surface area contributed by atoms with Crippen LogP contribution in [0.2, 0.25) is 0 Å². The molecule has 0 aromatic carbocycles. The van der Waals surface area contributed by atoms with Gasteiger partial charge in [-0.25, -0.2) is 0 Å². The summed E-state index contributed by atoms with van der Waals surface area (Å²) in [5.74, 6) is 1.41. The van der Waals surface area contributed by atoms with Crippen molar-refractivity contribution in [3.05, 3.63) is 0 Å². The highest BCUT2D eigenvalue weighted by Gasteiger charge is 2.28. The number of hydrogen-bond acceptors (Lipinski definition) is 3. The molecular weight excluding hydrogens is 164 g/mol. The molecule has 1 heterocycles. The molecule has 1 atom stereocenters. The molecule has 0 bridgehead atoms. The van der Waals surface area contributed by atoms with Gasteiger partial charge in [0.15, 0.2) is 0 Å². The number of nitrogens with zero attached hydrogens (tertiary/aromatic N) is 2. The monoisotopic (exact) mass is 182 g/mol. The molecule has 74 valence electrons. The zero-order chi connectivity index (χ0) is 9.26. The lowest BCUT2D eigenvalue weighted by atomic mass is 9.97. The van der Waals surface area contributed by atoms with Crippen LogP contribution in [0.5, 0.6) is 0 Å². The van der Waals surface area contributed by atoms with Crippen LogP contribution in [0, 0.1) is 11.8 Å². The number of hydrogen-bond donors (Lipinski definition) is 1. The maximum Gasteiger partial charge on any atom is 0.0624 e. The van der Waals surface area contributed by atoms with Crippen molar-refractivity contribution >= 4 is 5.71 Å². The second-order valence-corrected chi connectivity index (χ2v) is 4.45. The molecule has 1 aliphatic heterocycles. The number of rotatable bonds is 2. The average molecular weight is 182 g/mol. The van der Waals surface area contributed by atoms with Crippen LogP contribution in [0.25, 0.3) is 0 Å². The summed E-state index contributed by atoms with van der Waals surface area (Å²) in [6, 6.07) is 0. The zero-order valence-electron chi connectivity index (χ0n) is 8.24. The quantitative estimate of drug-likeness (QED) is 0.519. The molecule has 2 fully saturated rings. The second-order valence-electron chi connectivity index (χ2n) is 4.45. The first-order valence-corrected chi connectivity index (χ1v) is 5.22. The summed E-state index contributed by atoms with van der Waals surface area (Å²) >= 11 is 0. The van der Waals surface area contributed by atoms with Crippen molar-refractivity contribution in [1.82, 2.24) is 4.90 Å². The van der Waals surface area contributed by atoms with Crippen molar-refractivity contribution in [3.8, 4) is 0 Å². The molecule has 1 aliphatic carbocycles. The molecule has 2 rings (SSSR count). The fourth-order valence-electron chi connectivity index (χ4n) is 2.08. The Kier molecular flexibility index (Phi) is 2.54. The number of likely N-dealkylation sites (tertiary alicyclic amines) is 1. The predicted octanol–water partition coefficient (Wildman–Crippen LogP) is 1.57. The topological polar surface area (TPSA) is 35.8 Å². The molecule has 0 radical (unpaired) electrons. The van der Waals surface area contributed by atoms with Gasteiger partial charge in [0.1, 0.15) is 0 Å². The van der Waals surface area contributed by atoms with E-state index in [0.29, 0.717) is 5.92 Å². The summed E-state index contributed by atoms with van der Waals surface area (Å²) < 4.78 is 0. The highest BCUT2D eigenvalue weighted by Crippen LogP contribution is 2.30. The van der Waals surface area contributed by atoms with Gasteiger partial charge in [-0.1, -0.05) is 12.1 Å². The molecule has 0 aromatic heterocycles. The SMILES string of the molecule is CC1CN(CC2CC2)CC/C1=N\O. The van der Waals surface area contributed by atoms with Gasteiger partial charge >= 0.3 is 0 Å². The lowest BCUT2D eigenvalue weighted by Crippen LogP contribution is -2.40. The molecular formula is C10H18N2O. The van der Waals surface area contributed by atoms with E-state index in [4.69, 9.17) is 5.21 Å². The summed E-state index contributed by atoms with van der Waals surface area (Å²) in [5.41, 5.74) is 0.979. The molecule has 0 aromatic rings. The Hall–Kier alpha value is -0.570. The first-order valence-electron chi connectivity index (χ1n) is 5.22. The lowest BCUT2D eigenvalue weighted by molar-refractivity contribution is 0.228. The molecule has 3 heteroatoms. The van der Waals surface area contributed by atoms with Gasteiger partial charge in [0.25, 0.3) is 0 Å². The standard InChI is InChI=1S/C10H18N2O/c1-8-6-12(7-9-2-3-9)5-4-10(8)11-13/h8-9,13H,2-7H2,1H3/b11-10+. The van der Waals surface area contributed by atoms with E-state index in [1.54, 1.807) is 0 Å². The van der Waals surface area contributed by atoms with E-state index in [9.17, 15) is 0 Å². The normalized spacial score (nSPS) is 33.9. The van der Waals surface area contributed by atoms with Gasteiger partial charge in [0, 0.05) is 32.0 Å². The number of oxime groups is 1. The molecule has 1 saturated heterocycles. The van der Waals surface area contributed by atoms with Crippen LogP contribution >= 0.6 is 0 Å². The van der Waals surface area contributed by atoms with Crippen molar-refractivity contribution in [2.45, 2.75) is 26.2 Å². The molecule has 1 unspecified atom stereocenters. The van der Waals surface area contributed by atoms with E-state index in [1.165, 1.54) is 19.4 Å². The third-order valence-corrected chi connectivity index (χ3v) is 3.13. The van der Waals surface area contributed by atoms with Crippen molar-refractivity contribution in [2.24, 2.45) is 17.0 Å². The minimum absolute atomic E-state index is 0.442. The van der Waals surface area contributed by atoms with Crippen molar-refractivity contribution in [2.75, 3.05) is 19.6 Å². The summed E-state index contributed by atoms with van der Waals surface area (Å²) in [4.78, 5) is 2.51. The largest absolute Gasteiger partial charge is 0.411 e. The maximum atomic E-state index is 8.71. The van der Waals surface area contributed by atoms with Crippen LogP contribution in [0.4, 0.5) is 0 Å². The van der Waals surface area contributed by atoms with Gasteiger partial charge < -0.3 is 10.1 Å². The average Bonchev–Trinajstić information content (AvgIpc) is 2.89. The molecule has 3 nitrogen and oxygen atoms in total. The van der Waals surface area contributed by atoms with Gasteiger partial charge in [0.05, 0.1) is 5.71 Å². The van der Waals surface area contributed by atoms with E-state index >= 15 is 0 Å². The van der Waals surface area contributed by atoms with Crippen LogP contribution in [-0.4, -0.2) is 35.5 Å². The van der Waals surface area contributed by atoms with E-state index < -0.39 is 0 Å².